The van der Waals surface area contributed by atoms with Crippen molar-refractivity contribution in [1.82, 2.24) is 9.97 Å². The van der Waals surface area contributed by atoms with Crippen LogP contribution in [0.1, 0.15) is 18.3 Å². The molecule has 2 rings (SSSR count). The number of halogens is 3. The largest absolute Gasteiger partial charge is 0.573 e. The number of ether oxygens (including phenoxy) is 1. The van der Waals surface area contributed by atoms with Crippen LogP contribution in [0.2, 0.25) is 0 Å². The van der Waals surface area contributed by atoms with Gasteiger partial charge in [0, 0.05) is 23.6 Å². The Morgan fingerprint density at radius 1 is 1.05 bits per heavy atom. The Labute approximate surface area is 126 Å². The monoisotopic (exact) mass is 311 g/mol. The van der Waals surface area contributed by atoms with E-state index in [1.807, 2.05) is 31.7 Å². The predicted octanol–water partition coefficient (Wildman–Crippen LogP) is 4.15. The lowest BCUT2D eigenvalue weighted by Crippen LogP contribution is -2.20. The summed E-state index contributed by atoms with van der Waals surface area (Å²) >= 11 is 0. The fourth-order valence-electron chi connectivity index (χ4n) is 2.10. The number of alkyl halides is 3. The van der Waals surface area contributed by atoms with E-state index in [-0.39, 0.29) is 5.75 Å². The standard InChI is InChI=1S/C15H16F3N3O/c1-4-21(14-19-10(2)9-11(3)20-14)12-5-7-13(8-6-12)22-15(16,17)18/h5-9H,4H2,1-3H3. The molecule has 1 aromatic carbocycles. The molecule has 22 heavy (non-hydrogen) atoms. The Hall–Kier alpha value is -2.31. The van der Waals surface area contributed by atoms with Gasteiger partial charge < -0.3 is 9.64 Å². The third kappa shape index (κ3) is 4.09. The number of rotatable bonds is 4. The fourth-order valence-corrected chi connectivity index (χ4v) is 2.10. The Kier molecular flexibility index (Phi) is 4.54. The summed E-state index contributed by atoms with van der Waals surface area (Å²) in [7, 11) is 0. The van der Waals surface area contributed by atoms with Gasteiger partial charge in [-0.05, 0) is 51.1 Å². The molecule has 0 radical (unpaired) electrons. The third-order valence-corrected chi connectivity index (χ3v) is 2.91. The fraction of sp³-hybridized carbons (Fsp3) is 0.333. The lowest BCUT2D eigenvalue weighted by Gasteiger charge is -2.22. The maximum atomic E-state index is 12.2. The molecule has 118 valence electrons. The van der Waals surface area contributed by atoms with E-state index in [0.717, 1.165) is 11.4 Å². The van der Waals surface area contributed by atoms with Gasteiger partial charge in [-0.2, -0.15) is 0 Å². The van der Waals surface area contributed by atoms with Crippen LogP contribution < -0.4 is 9.64 Å². The van der Waals surface area contributed by atoms with E-state index in [1.54, 1.807) is 12.1 Å². The molecule has 0 spiro atoms. The number of anilines is 2. The molecule has 0 fully saturated rings. The van der Waals surface area contributed by atoms with Gasteiger partial charge in [0.2, 0.25) is 5.95 Å². The topological polar surface area (TPSA) is 38.2 Å². The van der Waals surface area contributed by atoms with Crippen LogP contribution in [0.5, 0.6) is 5.75 Å². The number of aryl methyl sites for hydroxylation is 2. The molecule has 0 amide bonds. The molecular formula is C15H16F3N3O. The van der Waals surface area contributed by atoms with Crippen molar-refractivity contribution in [2.75, 3.05) is 11.4 Å². The minimum absolute atomic E-state index is 0.256. The molecule has 0 aliphatic heterocycles. The van der Waals surface area contributed by atoms with E-state index < -0.39 is 6.36 Å². The van der Waals surface area contributed by atoms with Gasteiger partial charge in [-0.15, -0.1) is 13.2 Å². The third-order valence-electron chi connectivity index (χ3n) is 2.91. The smallest absolute Gasteiger partial charge is 0.406 e. The molecule has 0 aliphatic carbocycles. The quantitative estimate of drug-likeness (QED) is 0.850. The van der Waals surface area contributed by atoms with Crippen molar-refractivity contribution in [3.05, 3.63) is 41.7 Å². The van der Waals surface area contributed by atoms with Crippen LogP contribution in [0, 0.1) is 13.8 Å². The van der Waals surface area contributed by atoms with Crippen molar-refractivity contribution in [2.24, 2.45) is 0 Å². The number of aromatic nitrogens is 2. The van der Waals surface area contributed by atoms with E-state index in [9.17, 15) is 13.2 Å². The van der Waals surface area contributed by atoms with Crippen molar-refractivity contribution in [1.29, 1.82) is 0 Å². The van der Waals surface area contributed by atoms with E-state index in [4.69, 9.17) is 0 Å². The van der Waals surface area contributed by atoms with Gasteiger partial charge in [-0.25, -0.2) is 9.97 Å². The van der Waals surface area contributed by atoms with Crippen molar-refractivity contribution in [3.8, 4) is 5.75 Å². The number of benzene rings is 1. The summed E-state index contributed by atoms with van der Waals surface area (Å²) in [6.07, 6.45) is -4.69. The van der Waals surface area contributed by atoms with Crippen LogP contribution in [0.4, 0.5) is 24.8 Å². The molecule has 2 aromatic rings. The normalized spacial score (nSPS) is 11.4. The number of nitrogens with zero attached hydrogens (tertiary/aromatic N) is 3. The summed E-state index contributed by atoms with van der Waals surface area (Å²) in [4.78, 5) is 10.6. The van der Waals surface area contributed by atoms with Crippen molar-refractivity contribution >= 4 is 11.6 Å². The first kappa shape index (κ1) is 16.1. The van der Waals surface area contributed by atoms with E-state index in [2.05, 4.69) is 14.7 Å². The van der Waals surface area contributed by atoms with E-state index in [0.29, 0.717) is 18.2 Å². The van der Waals surface area contributed by atoms with Gasteiger partial charge in [-0.1, -0.05) is 0 Å². The molecule has 0 unspecified atom stereocenters. The first-order valence-corrected chi connectivity index (χ1v) is 6.74. The highest BCUT2D eigenvalue weighted by molar-refractivity contribution is 5.58. The lowest BCUT2D eigenvalue weighted by atomic mass is 10.2. The van der Waals surface area contributed by atoms with Gasteiger partial charge in [0.15, 0.2) is 0 Å². The van der Waals surface area contributed by atoms with Gasteiger partial charge in [0.25, 0.3) is 0 Å². The highest BCUT2D eigenvalue weighted by atomic mass is 19.4. The zero-order valence-electron chi connectivity index (χ0n) is 12.5. The number of hydrogen-bond donors (Lipinski definition) is 0. The van der Waals surface area contributed by atoms with Crippen LogP contribution in [0.25, 0.3) is 0 Å². The minimum atomic E-state index is -4.69. The highest BCUT2D eigenvalue weighted by Gasteiger charge is 2.31. The van der Waals surface area contributed by atoms with Gasteiger partial charge in [0.1, 0.15) is 5.75 Å². The lowest BCUT2D eigenvalue weighted by molar-refractivity contribution is -0.274. The van der Waals surface area contributed by atoms with Crippen LogP contribution in [0.15, 0.2) is 30.3 Å². The summed E-state index contributed by atoms with van der Waals surface area (Å²) in [6, 6.07) is 7.50. The maximum absolute atomic E-state index is 12.2. The highest BCUT2D eigenvalue weighted by Crippen LogP contribution is 2.27. The number of hydrogen-bond acceptors (Lipinski definition) is 4. The Bertz CT molecular complexity index is 621. The first-order valence-electron chi connectivity index (χ1n) is 6.74. The van der Waals surface area contributed by atoms with Gasteiger partial charge in [-0.3, -0.25) is 0 Å². The van der Waals surface area contributed by atoms with Crippen LogP contribution in [-0.4, -0.2) is 22.9 Å². The molecule has 0 atom stereocenters. The molecule has 0 saturated heterocycles. The molecule has 0 bridgehead atoms. The van der Waals surface area contributed by atoms with Crippen molar-refractivity contribution in [2.45, 2.75) is 27.1 Å². The summed E-state index contributed by atoms with van der Waals surface area (Å²) in [5.74, 6) is 0.262. The molecule has 0 saturated carbocycles. The second-order valence-corrected chi connectivity index (χ2v) is 4.74. The van der Waals surface area contributed by atoms with Gasteiger partial charge in [0.05, 0.1) is 0 Å². The molecule has 0 aliphatic rings. The second kappa shape index (κ2) is 6.21. The summed E-state index contributed by atoms with van der Waals surface area (Å²) in [5, 5.41) is 0. The van der Waals surface area contributed by atoms with Gasteiger partial charge >= 0.3 is 6.36 Å². The maximum Gasteiger partial charge on any atom is 0.573 e. The predicted molar refractivity (Wildman–Crippen MR) is 77.3 cm³/mol. The zero-order chi connectivity index (χ0) is 16.3. The van der Waals surface area contributed by atoms with Crippen LogP contribution in [0.3, 0.4) is 0 Å². The average molecular weight is 311 g/mol. The molecular weight excluding hydrogens is 295 g/mol. The Morgan fingerprint density at radius 3 is 2.05 bits per heavy atom. The van der Waals surface area contributed by atoms with Crippen LogP contribution in [-0.2, 0) is 0 Å². The molecule has 4 nitrogen and oxygen atoms in total. The minimum Gasteiger partial charge on any atom is -0.406 e. The van der Waals surface area contributed by atoms with Crippen molar-refractivity contribution < 1.29 is 17.9 Å². The SMILES string of the molecule is CCN(c1ccc(OC(F)(F)F)cc1)c1nc(C)cc(C)n1. The van der Waals surface area contributed by atoms with Crippen molar-refractivity contribution in [3.63, 3.8) is 0 Å². The summed E-state index contributed by atoms with van der Waals surface area (Å²) in [6.45, 7) is 6.24. The van der Waals surface area contributed by atoms with E-state index in [1.165, 1.54) is 12.1 Å². The summed E-state index contributed by atoms with van der Waals surface area (Å²) < 4.78 is 40.4. The second-order valence-electron chi connectivity index (χ2n) is 4.74. The molecule has 1 heterocycles. The first-order chi connectivity index (χ1) is 10.3. The molecule has 1 aromatic heterocycles. The van der Waals surface area contributed by atoms with Crippen LogP contribution >= 0.6 is 0 Å². The zero-order valence-corrected chi connectivity index (χ0v) is 12.5. The Morgan fingerprint density at radius 2 is 1.59 bits per heavy atom. The molecule has 7 heteroatoms. The summed E-state index contributed by atoms with van der Waals surface area (Å²) in [5.41, 5.74) is 2.36. The average Bonchev–Trinajstić information content (AvgIpc) is 2.38. The van der Waals surface area contributed by atoms with E-state index >= 15 is 0 Å². The molecule has 0 N–H and O–H groups in total. The Balaban J connectivity index is 2.28.